The third-order valence-electron chi connectivity index (χ3n) is 5.28. The number of anilines is 2. The van der Waals surface area contributed by atoms with E-state index in [1.54, 1.807) is 18.2 Å². The molecule has 0 amide bonds. The van der Waals surface area contributed by atoms with Crippen molar-refractivity contribution in [1.29, 1.82) is 0 Å². The Labute approximate surface area is 198 Å². The molecule has 0 aliphatic rings. The lowest BCUT2D eigenvalue weighted by Gasteiger charge is -2.14. The van der Waals surface area contributed by atoms with Crippen LogP contribution in [-0.2, 0) is 12.6 Å². The summed E-state index contributed by atoms with van der Waals surface area (Å²) in [6.45, 7) is 1.87. The first-order chi connectivity index (χ1) is 16.7. The van der Waals surface area contributed by atoms with Gasteiger partial charge in [-0.05, 0) is 42.3 Å². The number of hydrogen-bond donors (Lipinski definition) is 1. The highest BCUT2D eigenvalue weighted by Gasteiger charge is 2.35. The molecular weight excluding hydrogens is 463 g/mol. The van der Waals surface area contributed by atoms with Crippen LogP contribution in [0, 0.1) is 6.92 Å². The number of nitrogens with zero attached hydrogens (tertiary/aromatic N) is 4. The number of ether oxygens (including phenoxy) is 2. The van der Waals surface area contributed by atoms with Gasteiger partial charge in [0.25, 0.3) is 0 Å². The molecule has 0 spiro atoms. The van der Waals surface area contributed by atoms with Gasteiger partial charge >= 0.3 is 12.2 Å². The average Bonchev–Trinajstić information content (AvgIpc) is 2.85. The SMILES string of the molecule is COc1ncc2ncnc(Nc3cc(CC(=O)c4ccc(OC)c(C(F)(F)F)c4)ccc3C)c2n1. The number of carbonyl (C=O) groups excluding carboxylic acids is 1. The summed E-state index contributed by atoms with van der Waals surface area (Å²) in [5.41, 5.74) is 2.02. The molecule has 0 unspecified atom stereocenters. The molecule has 4 rings (SSSR count). The van der Waals surface area contributed by atoms with E-state index in [1.165, 1.54) is 25.7 Å². The molecule has 2 aromatic heterocycles. The summed E-state index contributed by atoms with van der Waals surface area (Å²) in [5, 5.41) is 3.19. The molecule has 8 nitrogen and oxygen atoms in total. The van der Waals surface area contributed by atoms with Crippen molar-refractivity contribution in [2.75, 3.05) is 19.5 Å². The Morgan fingerprint density at radius 3 is 2.54 bits per heavy atom. The Kier molecular flexibility index (Phi) is 6.50. The minimum Gasteiger partial charge on any atom is -0.496 e. The predicted molar refractivity (Wildman–Crippen MR) is 122 cm³/mol. The number of aryl methyl sites for hydroxylation is 1. The standard InChI is InChI=1S/C24H20F3N5O3/c1-13-4-5-14(9-19(33)15-6-7-20(34-2)16(10-15)24(25,26)27)8-17(13)31-22-21-18(29-12-30-22)11-28-23(32-21)35-3/h4-8,10-12H,9H2,1-3H3,(H,29,30,31). The third kappa shape index (κ3) is 5.13. The molecule has 4 aromatic rings. The van der Waals surface area contributed by atoms with E-state index >= 15 is 0 Å². The van der Waals surface area contributed by atoms with Gasteiger partial charge in [0.15, 0.2) is 11.6 Å². The summed E-state index contributed by atoms with van der Waals surface area (Å²) in [6.07, 6.45) is -1.86. The number of ketones is 1. The summed E-state index contributed by atoms with van der Waals surface area (Å²) in [4.78, 5) is 29.5. The van der Waals surface area contributed by atoms with Gasteiger partial charge < -0.3 is 14.8 Å². The topological polar surface area (TPSA) is 99.1 Å². The van der Waals surface area contributed by atoms with Gasteiger partial charge in [-0.3, -0.25) is 4.79 Å². The first-order valence-corrected chi connectivity index (χ1v) is 10.4. The zero-order valence-corrected chi connectivity index (χ0v) is 19.0. The van der Waals surface area contributed by atoms with Gasteiger partial charge in [-0.15, -0.1) is 0 Å². The minimum absolute atomic E-state index is 0.0567. The number of benzene rings is 2. The number of methoxy groups -OCH3 is 2. The van der Waals surface area contributed by atoms with E-state index in [-0.39, 0.29) is 23.7 Å². The maximum absolute atomic E-state index is 13.3. The van der Waals surface area contributed by atoms with E-state index in [0.717, 1.165) is 24.8 Å². The molecule has 2 aromatic carbocycles. The lowest BCUT2D eigenvalue weighted by Crippen LogP contribution is -2.11. The molecule has 0 bridgehead atoms. The summed E-state index contributed by atoms with van der Waals surface area (Å²) in [5.74, 6) is -0.390. The predicted octanol–water partition coefficient (Wildman–Crippen LogP) is 4.93. The van der Waals surface area contributed by atoms with Gasteiger partial charge in [0.2, 0.25) is 0 Å². The molecule has 0 atom stereocenters. The van der Waals surface area contributed by atoms with Crippen LogP contribution in [0.1, 0.15) is 27.0 Å². The number of aromatic nitrogens is 4. The number of halogens is 3. The maximum Gasteiger partial charge on any atom is 0.419 e. The number of fused-ring (bicyclic) bond motifs is 1. The fourth-order valence-electron chi connectivity index (χ4n) is 3.46. The van der Waals surface area contributed by atoms with Crippen molar-refractivity contribution in [3.8, 4) is 11.8 Å². The van der Waals surface area contributed by atoms with Crippen LogP contribution in [0.25, 0.3) is 11.0 Å². The van der Waals surface area contributed by atoms with Gasteiger partial charge in [0.05, 0.1) is 26.0 Å². The van der Waals surface area contributed by atoms with E-state index in [4.69, 9.17) is 9.47 Å². The van der Waals surface area contributed by atoms with Crippen molar-refractivity contribution >= 4 is 28.3 Å². The van der Waals surface area contributed by atoms with Crippen LogP contribution in [0.4, 0.5) is 24.7 Å². The largest absolute Gasteiger partial charge is 0.496 e. The summed E-state index contributed by atoms with van der Waals surface area (Å²) in [7, 11) is 2.60. The van der Waals surface area contributed by atoms with Crippen LogP contribution in [0.5, 0.6) is 11.8 Å². The Morgan fingerprint density at radius 2 is 1.83 bits per heavy atom. The second-order valence-corrected chi connectivity index (χ2v) is 7.60. The first kappa shape index (κ1) is 23.9. The van der Waals surface area contributed by atoms with E-state index in [1.807, 2.05) is 6.92 Å². The molecule has 0 fully saturated rings. The quantitative estimate of drug-likeness (QED) is 0.370. The van der Waals surface area contributed by atoms with Crippen LogP contribution in [-0.4, -0.2) is 39.9 Å². The molecule has 35 heavy (non-hydrogen) atoms. The van der Waals surface area contributed by atoms with Crippen molar-refractivity contribution in [3.05, 3.63) is 71.2 Å². The molecule has 2 heterocycles. The number of alkyl halides is 3. The summed E-state index contributed by atoms with van der Waals surface area (Å²) < 4.78 is 49.9. The highest BCUT2D eigenvalue weighted by molar-refractivity contribution is 5.98. The highest BCUT2D eigenvalue weighted by atomic mass is 19.4. The highest BCUT2D eigenvalue weighted by Crippen LogP contribution is 2.37. The van der Waals surface area contributed by atoms with Crippen LogP contribution in [0.2, 0.25) is 0 Å². The molecule has 180 valence electrons. The van der Waals surface area contributed by atoms with Crippen LogP contribution in [0.3, 0.4) is 0 Å². The third-order valence-corrected chi connectivity index (χ3v) is 5.28. The summed E-state index contributed by atoms with van der Waals surface area (Å²) in [6, 6.07) is 8.74. The van der Waals surface area contributed by atoms with Crippen molar-refractivity contribution in [2.45, 2.75) is 19.5 Å². The normalized spacial score (nSPS) is 11.4. The number of Topliss-reactive ketones (excluding diaryl/α,β-unsaturated/α-hetero) is 1. The lowest BCUT2D eigenvalue weighted by atomic mass is 9.99. The smallest absolute Gasteiger partial charge is 0.419 e. The van der Waals surface area contributed by atoms with Gasteiger partial charge in [0, 0.05) is 17.7 Å². The zero-order valence-electron chi connectivity index (χ0n) is 19.0. The van der Waals surface area contributed by atoms with Crippen molar-refractivity contribution in [3.63, 3.8) is 0 Å². The molecule has 0 saturated heterocycles. The average molecular weight is 483 g/mol. The van der Waals surface area contributed by atoms with Crippen LogP contribution >= 0.6 is 0 Å². The summed E-state index contributed by atoms with van der Waals surface area (Å²) >= 11 is 0. The molecule has 0 aliphatic heterocycles. The Bertz CT molecular complexity index is 1410. The number of nitrogens with one attached hydrogen (secondary N) is 1. The zero-order chi connectivity index (χ0) is 25.2. The second-order valence-electron chi connectivity index (χ2n) is 7.60. The van der Waals surface area contributed by atoms with Crippen molar-refractivity contribution < 1.29 is 27.4 Å². The molecule has 0 saturated carbocycles. The van der Waals surface area contributed by atoms with Gasteiger partial charge in [-0.25, -0.2) is 15.0 Å². The molecule has 11 heteroatoms. The minimum atomic E-state index is -4.64. The molecule has 0 aliphatic carbocycles. The van der Waals surface area contributed by atoms with E-state index in [0.29, 0.717) is 28.1 Å². The van der Waals surface area contributed by atoms with E-state index < -0.39 is 17.5 Å². The molecule has 1 N–H and O–H groups in total. The second kappa shape index (κ2) is 9.53. The van der Waals surface area contributed by atoms with Crippen molar-refractivity contribution in [1.82, 2.24) is 19.9 Å². The van der Waals surface area contributed by atoms with Crippen LogP contribution < -0.4 is 14.8 Å². The maximum atomic E-state index is 13.3. The van der Waals surface area contributed by atoms with Gasteiger partial charge in [-0.2, -0.15) is 18.2 Å². The molecule has 0 radical (unpaired) electrons. The fourth-order valence-corrected chi connectivity index (χ4v) is 3.46. The first-order valence-electron chi connectivity index (χ1n) is 10.4. The van der Waals surface area contributed by atoms with Crippen molar-refractivity contribution in [2.24, 2.45) is 0 Å². The number of hydrogen-bond acceptors (Lipinski definition) is 8. The van der Waals surface area contributed by atoms with E-state index in [2.05, 4.69) is 25.3 Å². The fraction of sp³-hybridized carbons (Fsp3) is 0.208. The van der Waals surface area contributed by atoms with Gasteiger partial charge in [0.1, 0.15) is 23.1 Å². The van der Waals surface area contributed by atoms with E-state index in [9.17, 15) is 18.0 Å². The Balaban J connectivity index is 1.61. The van der Waals surface area contributed by atoms with Gasteiger partial charge in [-0.1, -0.05) is 12.1 Å². The number of rotatable bonds is 7. The van der Waals surface area contributed by atoms with Crippen LogP contribution in [0.15, 0.2) is 48.9 Å². The Morgan fingerprint density at radius 1 is 1.03 bits per heavy atom. The molecular formula is C24H20F3N5O3. The lowest BCUT2D eigenvalue weighted by molar-refractivity contribution is -0.138. The Hall–Kier alpha value is -4.28. The monoisotopic (exact) mass is 483 g/mol. The number of carbonyl (C=O) groups is 1.